The van der Waals surface area contributed by atoms with Crippen molar-refractivity contribution < 1.29 is 0 Å². The van der Waals surface area contributed by atoms with E-state index in [0.717, 1.165) is 28.1 Å². The van der Waals surface area contributed by atoms with Crippen LogP contribution in [-0.4, -0.2) is 4.98 Å². The molecule has 0 atom stereocenters. The van der Waals surface area contributed by atoms with Crippen LogP contribution >= 0.6 is 0 Å². The van der Waals surface area contributed by atoms with Crippen molar-refractivity contribution in [1.29, 1.82) is 0 Å². The van der Waals surface area contributed by atoms with Crippen LogP contribution in [0.15, 0.2) is 140 Å². The molecule has 1 aromatic heterocycles. The van der Waals surface area contributed by atoms with Crippen molar-refractivity contribution in [3.8, 4) is 55.9 Å². The fraction of sp³-hybridized carbons (Fsp3) is 0.0541. The highest BCUT2D eigenvalue weighted by Gasteiger charge is 2.11. The highest BCUT2D eigenvalue weighted by atomic mass is 14.7. The number of rotatable bonds is 5. The molecule has 0 amide bonds. The SMILES string of the molecule is Cc1ccc(C)c(-c2cccc(-c3cccc(-c4cc(-c5ccccc5)nc(-c5ccccc5)c4)c3)c2)c1. The van der Waals surface area contributed by atoms with Gasteiger partial charge in [0.2, 0.25) is 0 Å². The van der Waals surface area contributed by atoms with Crippen LogP contribution in [0.4, 0.5) is 0 Å². The largest absolute Gasteiger partial charge is 0.248 e. The van der Waals surface area contributed by atoms with Gasteiger partial charge in [0.25, 0.3) is 0 Å². The van der Waals surface area contributed by atoms with Crippen LogP contribution in [0.5, 0.6) is 0 Å². The summed E-state index contributed by atoms with van der Waals surface area (Å²) in [6.07, 6.45) is 0. The van der Waals surface area contributed by atoms with E-state index in [-0.39, 0.29) is 0 Å². The van der Waals surface area contributed by atoms with Gasteiger partial charge in [-0.25, -0.2) is 4.98 Å². The summed E-state index contributed by atoms with van der Waals surface area (Å²) in [4.78, 5) is 5.04. The summed E-state index contributed by atoms with van der Waals surface area (Å²) in [6.45, 7) is 4.33. The molecule has 5 aromatic carbocycles. The quantitative estimate of drug-likeness (QED) is 0.236. The Hall–Kier alpha value is -4.75. The van der Waals surface area contributed by atoms with E-state index in [2.05, 4.69) is 141 Å². The summed E-state index contributed by atoms with van der Waals surface area (Å²) in [5.41, 5.74) is 14.0. The molecule has 6 aromatic rings. The van der Waals surface area contributed by atoms with Gasteiger partial charge in [0, 0.05) is 11.1 Å². The van der Waals surface area contributed by atoms with Gasteiger partial charge < -0.3 is 0 Å². The number of aryl methyl sites for hydroxylation is 2. The van der Waals surface area contributed by atoms with E-state index in [0.29, 0.717) is 0 Å². The number of benzene rings is 5. The molecular weight excluding hydrogens is 458 g/mol. The molecule has 1 heteroatoms. The second kappa shape index (κ2) is 10.3. The van der Waals surface area contributed by atoms with Crippen LogP contribution in [0.2, 0.25) is 0 Å². The second-order valence-corrected chi connectivity index (χ2v) is 9.84. The summed E-state index contributed by atoms with van der Waals surface area (Å²) < 4.78 is 0. The maximum absolute atomic E-state index is 5.04. The number of hydrogen-bond acceptors (Lipinski definition) is 1. The van der Waals surface area contributed by atoms with Crippen LogP contribution in [0.25, 0.3) is 55.9 Å². The monoisotopic (exact) mass is 487 g/mol. The molecule has 0 radical (unpaired) electrons. The van der Waals surface area contributed by atoms with E-state index in [9.17, 15) is 0 Å². The molecule has 0 saturated heterocycles. The summed E-state index contributed by atoms with van der Waals surface area (Å²) in [5.74, 6) is 0. The highest BCUT2D eigenvalue weighted by Crippen LogP contribution is 2.34. The first kappa shape index (κ1) is 23.6. The van der Waals surface area contributed by atoms with Gasteiger partial charge in [0.1, 0.15) is 0 Å². The molecule has 6 rings (SSSR count). The van der Waals surface area contributed by atoms with Crippen LogP contribution in [0.1, 0.15) is 11.1 Å². The van der Waals surface area contributed by atoms with Crippen molar-refractivity contribution in [2.45, 2.75) is 13.8 Å². The Kier molecular flexibility index (Phi) is 6.42. The Labute approximate surface area is 225 Å². The molecule has 0 aliphatic heterocycles. The smallest absolute Gasteiger partial charge is 0.0715 e. The standard InChI is InChI=1S/C37H29N/c1-26-19-20-27(2)35(21-26)33-18-10-16-31(23-33)30-15-9-17-32(22-30)34-24-36(28-11-5-3-6-12-28)38-37(25-34)29-13-7-4-8-14-29/h3-25H,1-2H3. The van der Waals surface area contributed by atoms with E-state index < -0.39 is 0 Å². The summed E-state index contributed by atoms with van der Waals surface area (Å²) >= 11 is 0. The molecule has 182 valence electrons. The Morgan fingerprint density at radius 1 is 0.368 bits per heavy atom. The molecule has 0 fully saturated rings. The van der Waals surface area contributed by atoms with Crippen LogP contribution in [0.3, 0.4) is 0 Å². The second-order valence-electron chi connectivity index (χ2n) is 9.84. The lowest BCUT2D eigenvalue weighted by atomic mass is 9.93. The van der Waals surface area contributed by atoms with Gasteiger partial charge in [-0.2, -0.15) is 0 Å². The predicted octanol–water partition coefficient (Wildman–Crippen LogP) is 10.0. The molecule has 0 bridgehead atoms. The van der Waals surface area contributed by atoms with Gasteiger partial charge in [-0.1, -0.05) is 121 Å². The third-order valence-corrected chi connectivity index (χ3v) is 7.06. The van der Waals surface area contributed by atoms with E-state index >= 15 is 0 Å². The lowest BCUT2D eigenvalue weighted by Gasteiger charge is -2.12. The first-order valence-corrected chi connectivity index (χ1v) is 13.1. The van der Waals surface area contributed by atoms with Crippen molar-refractivity contribution >= 4 is 0 Å². The zero-order valence-corrected chi connectivity index (χ0v) is 21.7. The third kappa shape index (κ3) is 4.92. The highest BCUT2D eigenvalue weighted by molar-refractivity contribution is 5.81. The fourth-order valence-corrected chi connectivity index (χ4v) is 5.00. The van der Waals surface area contributed by atoms with Crippen molar-refractivity contribution in [2.24, 2.45) is 0 Å². The molecule has 38 heavy (non-hydrogen) atoms. The number of hydrogen-bond donors (Lipinski definition) is 0. The van der Waals surface area contributed by atoms with Crippen molar-refractivity contribution in [2.75, 3.05) is 0 Å². The number of nitrogens with zero attached hydrogens (tertiary/aromatic N) is 1. The molecule has 0 aliphatic carbocycles. The van der Waals surface area contributed by atoms with Gasteiger partial charge >= 0.3 is 0 Å². The van der Waals surface area contributed by atoms with E-state index in [1.807, 2.05) is 12.1 Å². The van der Waals surface area contributed by atoms with Crippen molar-refractivity contribution in [1.82, 2.24) is 4.98 Å². The maximum Gasteiger partial charge on any atom is 0.0715 e. The Morgan fingerprint density at radius 3 is 1.42 bits per heavy atom. The van der Waals surface area contributed by atoms with Crippen molar-refractivity contribution in [3.63, 3.8) is 0 Å². The molecule has 0 unspecified atom stereocenters. The number of aromatic nitrogens is 1. The summed E-state index contributed by atoms with van der Waals surface area (Å²) in [6, 6.07) is 49.6. The van der Waals surface area contributed by atoms with Gasteiger partial charge in [-0.3, -0.25) is 0 Å². The minimum Gasteiger partial charge on any atom is -0.248 e. The molecular formula is C37H29N. The summed E-state index contributed by atoms with van der Waals surface area (Å²) in [5, 5.41) is 0. The predicted molar refractivity (Wildman–Crippen MR) is 161 cm³/mol. The van der Waals surface area contributed by atoms with Crippen LogP contribution < -0.4 is 0 Å². The zero-order valence-electron chi connectivity index (χ0n) is 21.7. The fourth-order valence-electron chi connectivity index (χ4n) is 5.00. The average Bonchev–Trinajstić information content (AvgIpc) is 2.99. The minimum absolute atomic E-state index is 0.976. The normalized spacial score (nSPS) is 10.9. The molecule has 0 spiro atoms. The lowest BCUT2D eigenvalue weighted by Crippen LogP contribution is -1.91. The molecule has 0 aliphatic rings. The maximum atomic E-state index is 5.04. The van der Waals surface area contributed by atoms with E-state index in [1.165, 1.54) is 38.9 Å². The Balaban J connectivity index is 1.45. The van der Waals surface area contributed by atoms with Crippen LogP contribution in [-0.2, 0) is 0 Å². The van der Waals surface area contributed by atoms with Crippen molar-refractivity contribution in [3.05, 3.63) is 151 Å². The minimum atomic E-state index is 0.976. The molecule has 0 N–H and O–H groups in total. The summed E-state index contributed by atoms with van der Waals surface area (Å²) in [7, 11) is 0. The van der Waals surface area contributed by atoms with E-state index in [1.54, 1.807) is 0 Å². The third-order valence-electron chi connectivity index (χ3n) is 7.06. The average molecular weight is 488 g/mol. The molecule has 0 saturated carbocycles. The van der Waals surface area contributed by atoms with Gasteiger partial charge in [-0.05, 0) is 77.1 Å². The Bertz CT molecular complexity index is 1660. The number of pyridine rings is 1. The van der Waals surface area contributed by atoms with Gasteiger partial charge in [0.05, 0.1) is 11.4 Å². The lowest BCUT2D eigenvalue weighted by molar-refractivity contribution is 1.32. The first-order chi connectivity index (χ1) is 18.6. The molecule has 1 nitrogen and oxygen atoms in total. The van der Waals surface area contributed by atoms with Gasteiger partial charge in [-0.15, -0.1) is 0 Å². The topological polar surface area (TPSA) is 12.9 Å². The molecule has 1 heterocycles. The zero-order chi connectivity index (χ0) is 25.9. The van der Waals surface area contributed by atoms with Crippen LogP contribution in [0, 0.1) is 13.8 Å². The first-order valence-electron chi connectivity index (χ1n) is 13.1. The van der Waals surface area contributed by atoms with E-state index in [4.69, 9.17) is 4.98 Å². The van der Waals surface area contributed by atoms with Gasteiger partial charge in [0.15, 0.2) is 0 Å². The Morgan fingerprint density at radius 2 is 0.842 bits per heavy atom.